The van der Waals surface area contributed by atoms with Crippen LogP contribution in [0.2, 0.25) is 0 Å². The Morgan fingerprint density at radius 3 is 2.76 bits per heavy atom. The summed E-state index contributed by atoms with van der Waals surface area (Å²) in [5.41, 5.74) is 0. The van der Waals surface area contributed by atoms with Gasteiger partial charge >= 0.3 is 0 Å². The first-order valence-electron chi connectivity index (χ1n) is 6.28. The van der Waals surface area contributed by atoms with Crippen molar-refractivity contribution in [3.63, 3.8) is 0 Å². The summed E-state index contributed by atoms with van der Waals surface area (Å²) in [5, 5.41) is 1.94. The molecule has 1 rings (SSSR count). The smallest absolute Gasteiger partial charge is 0.172 e. The molecule has 0 spiro atoms. The fraction of sp³-hybridized carbons (Fsp3) is 0.643. The van der Waals surface area contributed by atoms with Crippen molar-refractivity contribution in [3.8, 4) is 0 Å². The highest BCUT2D eigenvalue weighted by molar-refractivity contribution is 7.12. The lowest BCUT2D eigenvalue weighted by Gasteiger charge is -2.14. The van der Waals surface area contributed by atoms with Crippen molar-refractivity contribution < 1.29 is 9.53 Å². The molecule has 0 saturated carbocycles. The molecule has 0 fully saturated rings. The molecule has 0 N–H and O–H groups in total. The zero-order chi connectivity index (χ0) is 12.7. The van der Waals surface area contributed by atoms with Crippen LogP contribution in [0, 0.1) is 5.92 Å². The molecule has 1 atom stereocenters. The van der Waals surface area contributed by atoms with E-state index in [1.165, 1.54) is 11.3 Å². The van der Waals surface area contributed by atoms with Gasteiger partial charge in [-0.2, -0.15) is 0 Å². The first-order chi connectivity index (χ1) is 8.09. The molecule has 1 heterocycles. The van der Waals surface area contributed by atoms with E-state index in [1.54, 1.807) is 0 Å². The Morgan fingerprint density at radius 2 is 2.18 bits per heavy atom. The SMILES string of the molecule is CC(C)CC(C)OCCCC(=O)c1cccs1. The molecule has 0 aliphatic rings. The van der Waals surface area contributed by atoms with E-state index in [-0.39, 0.29) is 5.78 Å². The number of Topliss-reactive ketones (excluding diaryl/α,β-unsaturated/α-hetero) is 1. The highest BCUT2D eigenvalue weighted by Gasteiger charge is 2.08. The van der Waals surface area contributed by atoms with Crippen LogP contribution in [-0.4, -0.2) is 18.5 Å². The van der Waals surface area contributed by atoms with Crippen molar-refractivity contribution in [1.29, 1.82) is 0 Å². The van der Waals surface area contributed by atoms with Gasteiger partial charge in [0.05, 0.1) is 11.0 Å². The van der Waals surface area contributed by atoms with Crippen molar-refractivity contribution in [2.24, 2.45) is 5.92 Å². The lowest BCUT2D eigenvalue weighted by molar-refractivity contribution is 0.0487. The number of rotatable bonds is 8. The third-order valence-electron chi connectivity index (χ3n) is 2.55. The Labute approximate surface area is 108 Å². The predicted molar refractivity (Wildman–Crippen MR) is 72.8 cm³/mol. The standard InChI is InChI=1S/C14H22O2S/c1-11(2)10-12(3)16-8-4-6-13(15)14-7-5-9-17-14/h5,7,9,11-12H,4,6,8,10H2,1-3H3. The maximum atomic E-state index is 11.7. The molecule has 0 aliphatic carbocycles. The molecule has 3 heteroatoms. The number of ketones is 1. The minimum Gasteiger partial charge on any atom is -0.378 e. The highest BCUT2D eigenvalue weighted by Crippen LogP contribution is 2.13. The van der Waals surface area contributed by atoms with Crippen molar-refractivity contribution in [2.75, 3.05) is 6.61 Å². The van der Waals surface area contributed by atoms with E-state index in [9.17, 15) is 4.79 Å². The van der Waals surface area contributed by atoms with Crippen LogP contribution in [0.4, 0.5) is 0 Å². The van der Waals surface area contributed by atoms with Gasteiger partial charge < -0.3 is 4.74 Å². The van der Waals surface area contributed by atoms with E-state index in [0.717, 1.165) is 17.7 Å². The minimum absolute atomic E-state index is 0.236. The summed E-state index contributed by atoms with van der Waals surface area (Å²) in [7, 11) is 0. The van der Waals surface area contributed by atoms with Crippen LogP contribution in [-0.2, 0) is 4.74 Å². The molecular formula is C14H22O2S. The van der Waals surface area contributed by atoms with Gasteiger partial charge in [-0.15, -0.1) is 11.3 Å². The van der Waals surface area contributed by atoms with Gasteiger partial charge in [0.15, 0.2) is 5.78 Å². The lowest BCUT2D eigenvalue weighted by atomic mass is 10.1. The average molecular weight is 254 g/mol. The number of hydrogen-bond donors (Lipinski definition) is 0. The molecule has 17 heavy (non-hydrogen) atoms. The van der Waals surface area contributed by atoms with Gasteiger partial charge in [0.2, 0.25) is 0 Å². The summed E-state index contributed by atoms with van der Waals surface area (Å²) < 4.78 is 5.67. The lowest BCUT2D eigenvalue weighted by Crippen LogP contribution is -2.12. The van der Waals surface area contributed by atoms with Crippen LogP contribution in [0.25, 0.3) is 0 Å². The maximum absolute atomic E-state index is 11.7. The van der Waals surface area contributed by atoms with Gasteiger partial charge in [0.25, 0.3) is 0 Å². The zero-order valence-electron chi connectivity index (χ0n) is 10.9. The van der Waals surface area contributed by atoms with E-state index in [0.29, 0.717) is 25.0 Å². The third-order valence-corrected chi connectivity index (χ3v) is 3.46. The molecule has 0 aliphatic heterocycles. The Balaban J connectivity index is 2.10. The second kappa shape index (κ2) is 7.62. The van der Waals surface area contributed by atoms with Gasteiger partial charge in [-0.1, -0.05) is 19.9 Å². The summed E-state index contributed by atoms with van der Waals surface area (Å²) in [6.07, 6.45) is 2.79. The van der Waals surface area contributed by atoms with Crippen molar-refractivity contribution in [1.82, 2.24) is 0 Å². The maximum Gasteiger partial charge on any atom is 0.172 e. The molecule has 0 radical (unpaired) electrons. The fourth-order valence-corrected chi connectivity index (χ4v) is 2.50. The second-order valence-electron chi connectivity index (χ2n) is 4.81. The van der Waals surface area contributed by atoms with E-state index >= 15 is 0 Å². The van der Waals surface area contributed by atoms with Gasteiger partial charge in [0.1, 0.15) is 0 Å². The van der Waals surface area contributed by atoms with Gasteiger partial charge in [-0.05, 0) is 37.1 Å². The summed E-state index contributed by atoms with van der Waals surface area (Å²) in [6.45, 7) is 7.17. The Kier molecular flexibility index (Phi) is 6.45. The van der Waals surface area contributed by atoms with Gasteiger partial charge in [-0.3, -0.25) is 4.79 Å². The molecule has 0 amide bonds. The van der Waals surface area contributed by atoms with Crippen molar-refractivity contribution in [2.45, 2.75) is 46.1 Å². The van der Waals surface area contributed by atoms with E-state index in [4.69, 9.17) is 4.74 Å². The molecule has 0 aromatic carbocycles. The predicted octanol–water partition coefficient (Wildman–Crippen LogP) is 4.16. The first kappa shape index (κ1) is 14.4. The van der Waals surface area contributed by atoms with Crippen LogP contribution in [0.3, 0.4) is 0 Å². The molecule has 0 saturated heterocycles. The molecule has 1 aromatic rings. The molecule has 2 nitrogen and oxygen atoms in total. The minimum atomic E-state index is 0.236. The molecular weight excluding hydrogens is 232 g/mol. The molecule has 0 bridgehead atoms. The van der Waals surface area contributed by atoms with E-state index < -0.39 is 0 Å². The largest absolute Gasteiger partial charge is 0.378 e. The Hall–Kier alpha value is -0.670. The molecule has 1 aromatic heterocycles. The third kappa shape index (κ3) is 5.99. The normalized spacial score (nSPS) is 12.9. The summed E-state index contributed by atoms with van der Waals surface area (Å²) in [6, 6.07) is 3.80. The van der Waals surface area contributed by atoms with Crippen LogP contribution in [0.1, 0.15) is 49.7 Å². The first-order valence-corrected chi connectivity index (χ1v) is 7.16. The van der Waals surface area contributed by atoms with Gasteiger partial charge in [-0.25, -0.2) is 0 Å². The number of ether oxygens (including phenoxy) is 1. The van der Waals surface area contributed by atoms with Crippen LogP contribution in [0.15, 0.2) is 17.5 Å². The van der Waals surface area contributed by atoms with E-state index in [1.807, 2.05) is 17.5 Å². The van der Waals surface area contributed by atoms with Crippen LogP contribution in [0.5, 0.6) is 0 Å². The quantitative estimate of drug-likeness (QED) is 0.514. The van der Waals surface area contributed by atoms with E-state index in [2.05, 4.69) is 20.8 Å². The zero-order valence-corrected chi connectivity index (χ0v) is 11.8. The van der Waals surface area contributed by atoms with Crippen LogP contribution >= 0.6 is 11.3 Å². The average Bonchev–Trinajstić information content (AvgIpc) is 2.76. The number of carbonyl (C=O) groups is 1. The summed E-state index contributed by atoms with van der Waals surface area (Å²) >= 11 is 1.51. The summed E-state index contributed by atoms with van der Waals surface area (Å²) in [5.74, 6) is 0.901. The summed E-state index contributed by atoms with van der Waals surface area (Å²) in [4.78, 5) is 12.5. The van der Waals surface area contributed by atoms with Gasteiger partial charge in [0, 0.05) is 13.0 Å². The van der Waals surface area contributed by atoms with Crippen molar-refractivity contribution in [3.05, 3.63) is 22.4 Å². The molecule has 96 valence electrons. The molecule has 1 unspecified atom stereocenters. The Bertz CT molecular complexity index is 317. The Morgan fingerprint density at radius 1 is 1.41 bits per heavy atom. The fourth-order valence-electron chi connectivity index (χ4n) is 1.81. The van der Waals surface area contributed by atoms with Crippen molar-refractivity contribution >= 4 is 17.1 Å². The number of carbonyl (C=O) groups excluding carboxylic acids is 1. The topological polar surface area (TPSA) is 26.3 Å². The highest BCUT2D eigenvalue weighted by atomic mass is 32.1. The second-order valence-corrected chi connectivity index (χ2v) is 5.76. The van der Waals surface area contributed by atoms with Crippen LogP contribution < -0.4 is 0 Å². The number of hydrogen-bond acceptors (Lipinski definition) is 3. The monoisotopic (exact) mass is 254 g/mol. The number of thiophene rings is 1.